The summed E-state index contributed by atoms with van der Waals surface area (Å²) < 4.78 is 0. The van der Waals surface area contributed by atoms with Crippen molar-refractivity contribution in [3.8, 4) is 0 Å². The molecule has 0 amide bonds. The lowest BCUT2D eigenvalue weighted by molar-refractivity contribution is -0.383. The zero-order valence-electron chi connectivity index (χ0n) is 13.6. The molecule has 2 aromatic rings. The van der Waals surface area contributed by atoms with Crippen molar-refractivity contribution < 1.29 is 4.92 Å². The summed E-state index contributed by atoms with van der Waals surface area (Å²) in [5, 5.41) is 14.6. The Labute approximate surface area is 139 Å². The van der Waals surface area contributed by atoms with Gasteiger partial charge in [0.25, 0.3) is 0 Å². The summed E-state index contributed by atoms with van der Waals surface area (Å²) in [5.41, 5.74) is 0.883. The van der Waals surface area contributed by atoms with Crippen LogP contribution in [0.3, 0.4) is 0 Å². The van der Waals surface area contributed by atoms with Gasteiger partial charge in [-0.15, -0.1) is 0 Å². The molecule has 3 rings (SSSR count). The zero-order valence-corrected chi connectivity index (χ0v) is 13.6. The number of pyridine rings is 1. The van der Waals surface area contributed by atoms with E-state index in [1.807, 2.05) is 24.9 Å². The van der Waals surface area contributed by atoms with Crippen molar-refractivity contribution in [3.63, 3.8) is 0 Å². The summed E-state index contributed by atoms with van der Waals surface area (Å²) in [6, 6.07) is 3.66. The number of piperazine rings is 1. The number of hydrogen-bond acceptors (Lipinski definition) is 8. The molecule has 2 aromatic heterocycles. The smallest absolute Gasteiger partial charge is 0.348 e. The van der Waals surface area contributed by atoms with Crippen LogP contribution in [0, 0.1) is 17.0 Å². The van der Waals surface area contributed by atoms with Gasteiger partial charge in [-0.25, -0.2) is 15.0 Å². The number of nitrogens with one attached hydrogen (secondary N) is 1. The van der Waals surface area contributed by atoms with Crippen LogP contribution in [0.4, 0.5) is 23.1 Å². The molecule has 24 heavy (non-hydrogen) atoms. The molecule has 0 aliphatic carbocycles. The fraction of sp³-hybridized carbons (Fsp3) is 0.400. The van der Waals surface area contributed by atoms with Crippen LogP contribution in [0.15, 0.2) is 24.7 Å². The monoisotopic (exact) mass is 329 g/mol. The van der Waals surface area contributed by atoms with E-state index in [4.69, 9.17) is 0 Å². The summed E-state index contributed by atoms with van der Waals surface area (Å²) in [6.07, 6.45) is 2.99. The Hall–Kier alpha value is -2.81. The Morgan fingerprint density at radius 2 is 1.96 bits per heavy atom. The molecule has 0 unspecified atom stereocenters. The van der Waals surface area contributed by atoms with Crippen molar-refractivity contribution >= 4 is 23.1 Å². The Kier molecular flexibility index (Phi) is 4.52. The van der Waals surface area contributed by atoms with Crippen molar-refractivity contribution in [2.45, 2.75) is 6.92 Å². The van der Waals surface area contributed by atoms with Gasteiger partial charge in [-0.3, -0.25) is 10.1 Å². The number of likely N-dealkylation sites (N-methyl/N-ethyl adjacent to an activating group) is 1. The maximum atomic E-state index is 11.6. The lowest BCUT2D eigenvalue weighted by Gasteiger charge is -2.32. The minimum atomic E-state index is -0.439. The highest BCUT2D eigenvalue weighted by Crippen LogP contribution is 2.33. The average molecular weight is 329 g/mol. The second kappa shape index (κ2) is 6.75. The van der Waals surface area contributed by atoms with Gasteiger partial charge in [0.15, 0.2) is 0 Å². The van der Waals surface area contributed by atoms with Gasteiger partial charge in [-0.1, -0.05) is 0 Å². The van der Waals surface area contributed by atoms with Crippen molar-refractivity contribution in [1.82, 2.24) is 19.9 Å². The summed E-state index contributed by atoms with van der Waals surface area (Å²) in [6.45, 7) is 4.98. The predicted octanol–water partition coefficient (Wildman–Crippen LogP) is 1.58. The van der Waals surface area contributed by atoms with Gasteiger partial charge in [0.2, 0.25) is 11.6 Å². The molecule has 0 atom stereocenters. The SMILES string of the molecule is Cc1ccnc(Nc2ncnc(N3CCN(C)CC3)c2[N+](=O)[O-])c1. The Morgan fingerprint density at radius 3 is 2.62 bits per heavy atom. The molecule has 1 saturated heterocycles. The number of aryl methyl sites for hydroxylation is 1. The third-order valence-electron chi connectivity index (χ3n) is 3.95. The molecule has 1 fully saturated rings. The van der Waals surface area contributed by atoms with E-state index in [-0.39, 0.29) is 11.5 Å². The molecule has 1 N–H and O–H groups in total. The maximum Gasteiger partial charge on any atom is 0.353 e. The first-order chi connectivity index (χ1) is 11.5. The first-order valence-electron chi connectivity index (χ1n) is 7.67. The number of hydrogen-bond donors (Lipinski definition) is 1. The Bertz CT molecular complexity index is 744. The van der Waals surface area contributed by atoms with Crippen molar-refractivity contribution in [1.29, 1.82) is 0 Å². The largest absolute Gasteiger partial charge is 0.353 e. The second-order valence-electron chi connectivity index (χ2n) is 5.79. The normalized spacial score (nSPS) is 15.3. The number of aromatic nitrogens is 3. The molecule has 0 bridgehead atoms. The van der Waals surface area contributed by atoms with Crippen molar-refractivity contribution in [3.05, 3.63) is 40.3 Å². The number of nitro groups is 1. The summed E-state index contributed by atoms with van der Waals surface area (Å²) in [5.74, 6) is 1.02. The Balaban J connectivity index is 1.95. The number of nitrogens with zero attached hydrogens (tertiary/aromatic N) is 6. The zero-order chi connectivity index (χ0) is 17.1. The molecular weight excluding hydrogens is 310 g/mol. The van der Waals surface area contributed by atoms with E-state index < -0.39 is 4.92 Å². The van der Waals surface area contributed by atoms with E-state index >= 15 is 0 Å². The van der Waals surface area contributed by atoms with Gasteiger partial charge in [0, 0.05) is 32.4 Å². The number of anilines is 3. The molecule has 9 heteroatoms. The predicted molar refractivity (Wildman–Crippen MR) is 90.7 cm³/mol. The average Bonchev–Trinajstić information content (AvgIpc) is 2.55. The number of rotatable bonds is 4. The minimum Gasteiger partial charge on any atom is -0.348 e. The van der Waals surface area contributed by atoms with E-state index in [0.717, 1.165) is 18.7 Å². The Morgan fingerprint density at radius 1 is 1.21 bits per heavy atom. The van der Waals surface area contributed by atoms with Crippen LogP contribution in [0.25, 0.3) is 0 Å². The van der Waals surface area contributed by atoms with E-state index in [1.165, 1.54) is 6.33 Å². The van der Waals surface area contributed by atoms with E-state index in [1.54, 1.807) is 12.3 Å². The highest BCUT2D eigenvalue weighted by molar-refractivity contribution is 5.73. The fourth-order valence-corrected chi connectivity index (χ4v) is 2.60. The van der Waals surface area contributed by atoms with Gasteiger partial charge in [-0.05, 0) is 31.7 Å². The van der Waals surface area contributed by atoms with Gasteiger partial charge < -0.3 is 15.1 Å². The van der Waals surface area contributed by atoms with Crippen LogP contribution in [0.2, 0.25) is 0 Å². The van der Waals surface area contributed by atoms with E-state index in [2.05, 4.69) is 25.2 Å². The molecule has 3 heterocycles. The maximum absolute atomic E-state index is 11.6. The summed E-state index contributed by atoms with van der Waals surface area (Å²) in [7, 11) is 2.03. The van der Waals surface area contributed by atoms with Crippen LogP contribution in [-0.2, 0) is 0 Å². The fourth-order valence-electron chi connectivity index (χ4n) is 2.60. The molecule has 126 valence electrons. The third kappa shape index (κ3) is 3.40. The highest BCUT2D eigenvalue weighted by Gasteiger charge is 2.28. The molecule has 0 saturated carbocycles. The molecule has 1 aliphatic heterocycles. The lowest BCUT2D eigenvalue weighted by Crippen LogP contribution is -2.45. The van der Waals surface area contributed by atoms with E-state index in [9.17, 15) is 10.1 Å². The van der Waals surface area contributed by atoms with Gasteiger partial charge in [-0.2, -0.15) is 0 Å². The first-order valence-corrected chi connectivity index (χ1v) is 7.67. The van der Waals surface area contributed by atoms with Crippen molar-refractivity contribution in [2.24, 2.45) is 0 Å². The molecule has 0 aromatic carbocycles. The van der Waals surface area contributed by atoms with Crippen LogP contribution in [-0.4, -0.2) is 58.0 Å². The molecular formula is C15H19N7O2. The van der Waals surface area contributed by atoms with E-state index in [0.29, 0.717) is 24.7 Å². The lowest BCUT2D eigenvalue weighted by atomic mass is 10.3. The quantitative estimate of drug-likeness (QED) is 0.666. The second-order valence-corrected chi connectivity index (χ2v) is 5.79. The van der Waals surface area contributed by atoms with Gasteiger partial charge >= 0.3 is 5.69 Å². The third-order valence-corrected chi connectivity index (χ3v) is 3.95. The van der Waals surface area contributed by atoms with Gasteiger partial charge in [0.05, 0.1) is 4.92 Å². The van der Waals surface area contributed by atoms with Crippen molar-refractivity contribution in [2.75, 3.05) is 43.4 Å². The minimum absolute atomic E-state index is 0.120. The van der Waals surface area contributed by atoms with Crippen LogP contribution >= 0.6 is 0 Å². The van der Waals surface area contributed by atoms with Crippen LogP contribution in [0.1, 0.15) is 5.56 Å². The molecule has 1 aliphatic rings. The summed E-state index contributed by atoms with van der Waals surface area (Å²) >= 11 is 0. The molecule has 9 nitrogen and oxygen atoms in total. The summed E-state index contributed by atoms with van der Waals surface area (Å²) in [4.78, 5) is 27.7. The van der Waals surface area contributed by atoms with Gasteiger partial charge in [0.1, 0.15) is 12.1 Å². The standard InChI is InChI=1S/C15H19N7O2/c1-11-3-4-16-12(9-11)19-14-13(22(23)24)15(18-10-17-14)21-7-5-20(2)6-8-21/h3-4,9-10H,5-8H2,1-2H3,(H,16,17,18,19). The van der Waals surface area contributed by atoms with Crippen LogP contribution in [0.5, 0.6) is 0 Å². The molecule has 0 radical (unpaired) electrons. The first kappa shape index (κ1) is 16.1. The highest BCUT2D eigenvalue weighted by atomic mass is 16.6. The topological polar surface area (TPSA) is 100 Å². The van der Waals surface area contributed by atoms with Crippen LogP contribution < -0.4 is 10.2 Å². The molecule has 0 spiro atoms.